The van der Waals surface area contributed by atoms with Crippen molar-refractivity contribution in [3.05, 3.63) is 87.4 Å². The Morgan fingerprint density at radius 2 is 1.76 bits per heavy atom. The van der Waals surface area contributed by atoms with Gasteiger partial charge in [-0.1, -0.05) is 41.4 Å². The molecule has 1 heterocycles. The van der Waals surface area contributed by atoms with Crippen molar-refractivity contribution in [2.24, 2.45) is 5.41 Å². The van der Waals surface area contributed by atoms with Gasteiger partial charge in [0.15, 0.2) is 0 Å². The lowest BCUT2D eigenvalue weighted by Crippen LogP contribution is -2.25. The fourth-order valence-electron chi connectivity index (χ4n) is 3.70. The first-order valence-corrected chi connectivity index (χ1v) is 12.3. The summed E-state index contributed by atoms with van der Waals surface area (Å²) in [5, 5.41) is 11.4. The van der Waals surface area contributed by atoms with E-state index in [4.69, 9.17) is 27.9 Å². The molecule has 3 nitrogen and oxygen atoms in total. The number of hydrogen-bond donors (Lipinski definition) is 1. The maximum Gasteiger partial charge on any atom is 0.316 e. The number of rotatable bonds is 3. The molecule has 3 aromatic rings. The molecular weight excluding hydrogens is 475 g/mol. The van der Waals surface area contributed by atoms with Crippen molar-refractivity contribution < 1.29 is 14.6 Å². The average Bonchev–Trinajstić information content (AvgIpc) is 2.92. The number of aromatic hydroxyl groups is 1. The van der Waals surface area contributed by atoms with E-state index in [9.17, 15) is 9.90 Å². The fraction of sp³-hybridized carbons (Fsp3) is 0.222. The van der Waals surface area contributed by atoms with Crippen LogP contribution in [-0.4, -0.2) is 16.8 Å². The van der Waals surface area contributed by atoms with Crippen molar-refractivity contribution in [1.29, 1.82) is 0 Å². The summed E-state index contributed by atoms with van der Waals surface area (Å²) in [6.07, 6.45) is 0.767. The number of phenols is 1. The van der Waals surface area contributed by atoms with Crippen LogP contribution in [0.15, 0.2) is 65.6 Å². The van der Waals surface area contributed by atoms with Gasteiger partial charge >= 0.3 is 5.97 Å². The second-order valence-corrected chi connectivity index (χ2v) is 10.9. The number of phenolic OH excluding ortho intramolecular Hbond substituents is 1. The highest BCUT2D eigenvalue weighted by atomic mass is 35.5. The summed E-state index contributed by atoms with van der Waals surface area (Å²) >= 11 is 14.5. The standard InChI is InChI=1S/C27H24Cl2O3S/c1-27(2,3)26(31)32-19-8-10-22-24(15-19)33-12-11-21(20-9-7-17(28)14-23(20)29)25(22)16-5-4-6-18(30)13-16/h4-10,13-15,30H,11-12H2,1-3H3. The highest BCUT2D eigenvalue weighted by Gasteiger charge is 2.26. The van der Waals surface area contributed by atoms with E-state index in [1.54, 1.807) is 30.0 Å². The molecule has 1 aliphatic heterocycles. The van der Waals surface area contributed by atoms with E-state index in [0.29, 0.717) is 15.8 Å². The Morgan fingerprint density at radius 3 is 2.45 bits per heavy atom. The number of carbonyl (C=O) groups is 1. The van der Waals surface area contributed by atoms with Gasteiger partial charge in [-0.15, -0.1) is 11.8 Å². The van der Waals surface area contributed by atoms with Gasteiger partial charge in [0.25, 0.3) is 0 Å². The Morgan fingerprint density at radius 1 is 1.00 bits per heavy atom. The third-order valence-electron chi connectivity index (χ3n) is 5.35. The summed E-state index contributed by atoms with van der Waals surface area (Å²) in [6.45, 7) is 5.50. The molecule has 170 valence electrons. The fourth-order valence-corrected chi connectivity index (χ4v) is 5.27. The normalized spacial score (nSPS) is 14.0. The van der Waals surface area contributed by atoms with Crippen LogP contribution < -0.4 is 4.74 Å². The Bertz CT molecular complexity index is 1260. The molecule has 0 spiro atoms. The molecule has 0 aliphatic carbocycles. The third-order valence-corrected chi connectivity index (χ3v) is 6.95. The van der Waals surface area contributed by atoms with E-state index >= 15 is 0 Å². The van der Waals surface area contributed by atoms with Gasteiger partial charge in [-0.3, -0.25) is 4.79 Å². The van der Waals surface area contributed by atoms with E-state index < -0.39 is 5.41 Å². The summed E-state index contributed by atoms with van der Waals surface area (Å²) < 4.78 is 5.65. The summed E-state index contributed by atoms with van der Waals surface area (Å²) in [6, 6.07) is 18.5. The molecule has 0 bridgehead atoms. The molecule has 0 radical (unpaired) electrons. The Labute approximate surface area is 208 Å². The summed E-state index contributed by atoms with van der Waals surface area (Å²) in [7, 11) is 0. The van der Waals surface area contributed by atoms with Gasteiger partial charge in [0.05, 0.1) is 5.41 Å². The van der Waals surface area contributed by atoms with Crippen molar-refractivity contribution in [3.63, 3.8) is 0 Å². The average molecular weight is 499 g/mol. The quantitative estimate of drug-likeness (QED) is 0.292. The molecule has 0 fully saturated rings. The monoisotopic (exact) mass is 498 g/mol. The van der Waals surface area contributed by atoms with Crippen molar-refractivity contribution in [2.45, 2.75) is 32.1 Å². The smallest absolute Gasteiger partial charge is 0.316 e. The van der Waals surface area contributed by atoms with Crippen LogP contribution in [0.2, 0.25) is 10.0 Å². The zero-order valence-electron chi connectivity index (χ0n) is 18.6. The van der Waals surface area contributed by atoms with Crippen LogP contribution in [0.5, 0.6) is 11.5 Å². The van der Waals surface area contributed by atoms with Crippen LogP contribution in [0.1, 0.15) is 43.9 Å². The number of ether oxygens (including phenoxy) is 1. The van der Waals surface area contributed by atoms with Gasteiger partial charge in [-0.2, -0.15) is 0 Å². The molecule has 33 heavy (non-hydrogen) atoms. The van der Waals surface area contributed by atoms with Crippen molar-refractivity contribution in [3.8, 4) is 11.5 Å². The summed E-state index contributed by atoms with van der Waals surface area (Å²) in [5.74, 6) is 1.25. The molecule has 4 rings (SSSR count). The lowest BCUT2D eigenvalue weighted by atomic mass is 9.88. The first-order chi connectivity index (χ1) is 15.6. The SMILES string of the molecule is CC(C)(C)C(=O)Oc1ccc2c(c1)SCCC(c1ccc(Cl)cc1Cl)=C2c1cccc(O)c1. The van der Waals surface area contributed by atoms with Crippen LogP contribution >= 0.6 is 35.0 Å². The number of fused-ring (bicyclic) bond motifs is 1. The lowest BCUT2D eigenvalue weighted by molar-refractivity contribution is -0.143. The van der Waals surface area contributed by atoms with E-state index in [-0.39, 0.29) is 11.7 Å². The Kier molecular flexibility index (Phi) is 6.81. The molecule has 3 aromatic carbocycles. The maximum atomic E-state index is 12.4. The van der Waals surface area contributed by atoms with Crippen LogP contribution in [0.3, 0.4) is 0 Å². The van der Waals surface area contributed by atoms with Gasteiger partial charge in [0.1, 0.15) is 11.5 Å². The van der Waals surface area contributed by atoms with Crippen molar-refractivity contribution in [2.75, 3.05) is 5.75 Å². The molecule has 0 unspecified atom stereocenters. The third kappa shape index (κ3) is 5.24. The van der Waals surface area contributed by atoms with Crippen LogP contribution in [0.25, 0.3) is 11.1 Å². The van der Waals surface area contributed by atoms with Crippen LogP contribution in [0, 0.1) is 5.41 Å². The molecule has 1 N–H and O–H groups in total. The number of halogens is 2. The molecule has 0 saturated carbocycles. The highest BCUT2D eigenvalue weighted by molar-refractivity contribution is 7.99. The van der Waals surface area contributed by atoms with Crippen LogP contribution in [0.4, 0.5) is 0 Å². The largest absolute Gasteiger partial charge is 0.508 e. The first kappa shape index (κ1) is 23.7. The number of benzene rings is 3. The first-order valence-electron chi connectivity index (χ1n) is 10.6. The van der Waals surface area contributed by atoms with E-state index in [1.165, 1.54) is 0 Å². The van der Waals surface area contributed by atoms with Gasteiger partial charge in [0.2, 0.25) is 0 Å². The number of allylic oxidation sites excluding steroid dienone is 1. The highest BCUT2D eigenvalue weighted by Crippen LogP contribution is 2.46. The Balaban J connectivity index is 1.90. The van der Waals surface area contributed by atoms with E-state index in [1.807, 2.05) is 63.2 Å². The predicted molar refractivity (Wildman–Crippen MR) is 137 cm³/mol. The van der Waals surface area contributed by atoms with Gasteiger partial charge in [-0.05, 0) is 97.5 Å². The topological polar surface area (TPSA) is 46.5 Å². The zero-order valence-corrected chi connectivity index (χ0v) is 20.9. The van der Waals surface area contributed by atoms with Gasteiger partial charge < -0.3 is 9.84 Å². The second-order valence-electron chi connectivity index (χ2n) is 8.92. The predicted octanol–water partition coefficient (Wildman–Crippen LogP) is 8.11. The molecule has 0 saturated heterocycles. The lowest BCUT2D eigenvalue weighted by Gasteiger charge is -2.19. The molecule has 0 amide bonds. The second kappa shape index (κ2) is 9.46. The van der Waals surface area contributed by atoms with E-state index in [0.717, 1.165) is 44.9 Å². The van der Waals surface area contributed by atoms with Crippen LogP contribution in [-0.2, 0) is 4.79 Å². The zero-order chi connectivity index (χ0) is 23.8. The van der Waals surface area contributed by atoms with Crippen molar-refractivity contribution in [1.82, 2.24) is 0 Å². The molecular formula is C27H24Cl2O3S. The summed E-state index contributed by atoms with van der Waals surface area (Å²) in [4.78, 5) is 13.4. The molecule has 0 aromatic heterocycles. The minimum Gasteiger partial charge on any atom is -0.508 e. The Hall–Kier alpha value is -2.40. The van der Waals surface area contributed by atoms with E-state index in [2.05, 4.69) is 0 Å². The molecule has 1 aliphatic rings. The number of esters is 1. The number of hydrogen-bond acceptors (Lipinski definition) is 4. The number of carbonyl (C=O) groups excluding carboxylic acids is 1. The van der Waals surface area contributed by atoms with Gasteiger partial charge in [-0.25, -0.2) is 0 Å². The van der Waals surface area contributed by atoms with Gasteiger partial charge in [0, 0.05) is 20.7 Å². The molecule has 6 heteroatoms. The maximum absolute atomic E-state index is 12.4. The van der Waals surface area contributed by atoms with Crippen molar-refractivity contribution >= 4 is 52.1 Å². The number of thioether (sulfide) groups is 1. The summed E-state index contributed by atoms with van der Waals surface area (Å²) in [5.41, 5.74) is 4.28. The minimum absolute atomic E-state index is 0.190. The molecule has 0 atom stereocenters. The minimum atomic E-state index is -0.592.